The molecule has 164 valence electrons. The normalized spacial score (nSPS) is 16.6. The number of rotatable bonds is 7. The van der Waals surface area contributed by atoms with Crippen molar-refractivity contribution >= 4 is 29.8 Å². The molecule has 1 unspecified atom stereocenters. The zero-order valence-electron chi connectivity index (χ0n) is 17.4. The van der Waals surface area contributed by atoms with Crippen LogP contribution in [0, 0.1) is 5.92 Å². The number of nitrogens with one attached hydrogen (secondary N) is 2. The zero-order valence-corrected chi connectivity index (χ0v) is 17.4. The lowest BCUT2D eigenvalue weighted by Gasteiger charge is -2.28. The summed E-state index contributed by atoms with van der Waals surface area (Å²) in [5, 5.41) is 4.88. The van der Waals surface area contributed by atoms with Crippen LogP contribution in [0.4, 0.5) is 4.79 Å². The number of imide groups is 1. The summed E-state index contributed by atoms with van der Waals surface area (Å²) < 4.78 is 10.3. The van der Waals surface area contributed by atoms with Crippen LogP contribution in [0.2, 0.25) is 0 Å². The highest BCUT2D eigenvalue weighted by Gasteiger charge is 2.44. The quantitative estimate of drug-likeness (QED) is 0.488. The molecule has 0 saturated heterocycles. The molecule has 0 bridgehead atoms. The van der Waals surface area contributed by atoms with Crippen LogP contribution in [0.25, 0.3) is 0 Å². The van der Waals surface area contributed by atoms with Crippen molar-refractivity contribution in [1.82, 2.24) is 15.5 Å². The molecule has 3 rings (SSSR count). The van der Waals surface area contributed by atoms with E-state index in [0.29, 0.717) is 0 Å². The predicted molar refractivity (Wildman–Crippen MR) is 107 cm³/mol. The topological polar surface area (TPSA) is 131 Å². The fourth-order valence-corrected chi connectivity index (χ4v) is 3.43. The number of hydrogen-bond acceptors (Lipinski definition) is 7. The Labute approximate surface area is 178 Å². The number of carbonyl (C=O) groups excluding carboxylic acids is 5. The second-order valence-electron chi connectivity index (χ2n) is 7.31. The number of carbonyl (C=O) groups is 5. The first-order chi connectivity index (χ1) is 14.8. The molecule has 2 N–H and O–H groups in total. The highest BCUT2D eigenvalue weighted by molar-refractivity contribution is 6.22. The van der Waals surface area contributed by atoms with E-state index in [0.717, 1.165) is 4.90 Å². The van der Waals surface area contributed by atoms with Gasteiger partial charge in [-0.25, -0.2) is 14.4 Å². The predicted octanol–water partition coefficient (Wildman–Crippen LogP) is 0.980. The van der Waals surface area contributed by atoms with Gasteiger partial charge in [0.2, 0.25) is 0 Å². The minimum atomic E-state index is -1.17. The van der Waals surface area contributed by atoms with Gasteiger partial charge in [0.25, 0.3) is 11.8 Å². The number of urea groups is 1. The van der Waals surface area contributed by atoms with Crippen LogP contribution in [-0.2, 0) is 19.1 Å². The van der Waals surface area contributed by atoms with Crippen LogP contribution in [0.1, 0.15) is 41.5 Å². The van der Waals surface area contributed by atoms with E-state index in [1.54, 1.807) is 32.9 Å². The SMILES string of the molecule is CCOC(=O)C1=C(COC(=O)C(C(C)C)N2C(=O)c3ccccc3C2=O)NC(=O)NC1. The van der Waals surface area contributed by atoms with Gasteiger partial charge in [-0.2, -0.15) is 0 Å². The van der Waals surface area contributed by atoms with Crippen molar-refractivity contribution in [3.8, 4) is 0 Å². The Morgan fingerprint density at radius 2 is 1.68 bits per heavy atom. The van der Waals surface area contributed by atoms with Gasteiger partial charge in [0.05, 0.1) is 35.5 Å². The molecule has 0 aliphatic carbocycles. The first-order valence-corrected chi connectivity index (χ1v) is 9.83. The molecule has 31 heavy (non-hydrogen) atoms. The molecule has 1 aromatic carbocycles. The standard InChI is InChI=1S/C21H23N3O7/c1-4-30-19(27)14-9-22-21(29)23-15(14)10-31-20(28)16(11(2)3)24-17(25)12-7-5-6-8-13(12)18(24)26/h5-8,11,16H,4,9-10H2,1-3H3,(H2,22,23,29). The molecule has 10 heteroatoms. The number of hydrogen-bond donors (Lipinski definition) is 2. The summed E-state index contributed by atoms with van der Waals surface area (Å²) in [5.41, 5.74) is 0.657. The van der Waals surface area contributed by atoms with Gasteiger partial charge >= 0.3 is 18.0 Å². The third-order valence-corrected chi connectivity index (χ3v) is 4.91. The van der Waals surface area contributed by atoms with Crippen molar-refractivity contribution in [3.63, 3.8) is 0 Å². The summed E-state index contributed by atoms with van der Waals surface area (Å²) in [5.74, 6) is -3.05. The number of fused-ring (bicyclic) bond motifs is 1. The van der Waals surface area contributed by atoms with Crippen molar-refractivity contribution < 1.29 is 33.4 Å². The Balaban J connectivity index is 1.80. The first kappa shape index (κ1) is 22.0. The third-order valence-electron chi connectivity index (χ3n) is 4.91. The lowest BCUT2D eigenvalue weighted by molar-refractivity contribution is -0.149. The minimum Gasteiger partial charge on any atom is -0.463 e. The number of ether oxygens (including phenoxy) is 2. The summed E-state index contributed by atoms with van der Waals surface area (Å²) in [6.07, 6.45) is 0. The summed E-state index contributed by atoms with van der Waals surface area (Å²) in [6, 6.07) is 4.61. The Morgan fingerprint density at radius 3 is 2.23 bits per heavy atom. The summed E-state index contributed by atoms with van der Waals surface area (Å²) >= 11 is 0. The number of nitrogens with zero attached hydrogens (tertiary/aromatic N) is 1. The smallest absolute Gasteiger partial charge is 0.337 e. The molecule has 10 nitrogen and oxygen atoms in total. The third kappa shape index (κ3) is 4.27. The number of benzene rings is 1. The maximum Gasteiger partial charge on any atom is 0.337 e. The van der Waals surface area contributed by atoms with E-state index in [4.69, 9.17) is 9.47 Å². The van der Waals surface area contributed by atoms with Gasteiger partial charge in [0, 0.05) is 0 Å². The van der Waals surface area contributed by atoms with Gasteiger partial charge in [0.15, 0.2) is 0 Å². The lowest BCUT2D eigenvalue weighted by Crippen LogP contribution is -2.49. The van der Waals surface area contributed by atoms with Crippen molar-refractivity contribution in [1.29, 1.82) is 0 Å². The van der Waals surface area contributed by atoms with E-state index < -0.39 is 48.4 Å². The molecule has 0 radical (unpaired) electrons. The highest BCUT2D eigenvalue weighted by Crippen LogP contribution is 2.27. The molecule has 0 fully saturated rings. The molecule has 1 aromatic rings. The van der Waals surface area contributed by atoms with Crippen LogP contribution in [0.3, 0.4) is 0 Å². The maximum absolute atomic E-state index is 12.9. The van der Waals surface area contributed by atoms with Crippen molar-refractivity contribution in [3.05, 3.63) is 46.7 Å². The first-order valence-electron chi connectivity index (χ1n) is 9.83. The molecule has 2 heterocycles. The molecule has 0 saturated carbocycles. The van der Waals surface area contributed by atoms with Gasteiger partial charge in [-0.3, -0.25) is 14.5 Å². The van der Waals surface area contributed by atoms with Gasteiger partial charge in [-0.1, -0.05) is 26.0 Å². The van der Waals surface area contributed by atoms with Crippen LogP contribution < -0.4 is 10.6 Å². The fourth-order valence-electron chi connectivity index (χ4n) is 3.43. The van der Waals surface area contributed by atoms with E-state index in [1.165, 1.54) is 12.1 Å². The van der Waals surface area contributed by atoms with Gasteiger partial charge < -0.3 is 20.1 Å². The Hall–Kier alpha value is -3.69. The number of esters is 2. The van der Waals surface area contributed by atoms with E-state index in [9.17, 15) is 24.0 Å². The molecule has 0 aromatic heterocycles. The highest BCUT2D eigenvalue weighted by atomic mass is 16.5. The Morgan fingerprint density at radius 1 is 1.06 bits per heavy atom. The van der Waals surface area contributed by atoms with Gasteiger partial charge in [-0.05, 0) is 25.0 Å². The summed E-state index contributed by atoms with van der Waals surface area (Å²) in [6.45, 7) is 4.65. The molecular weight excluding hydrogens is 406 g/mol. The molecular formula is C21H23N3O7. The Kier molecular flexibility index (Phi) is 6.38. The summed E-state index contributed by atoms with van der Waals surface area (Å²) in [7, 11) is 0. The monoisotopic (exact) mass is 429 g/mol. The van der Waals surface area contributed by atoms with Crippen molar-refractivity contribution in [2.24, 2.45) is 5.92 Å². The van der Waals surface area contributed by atoms with E-state index in [1.807, 2.05) is 0 Å². The minimum absolute atomic E-state index is 0.0798. The van der Waals surface area contributed by atoms with Crippen molar-refractivity contribution in [2.75, 3.05) is 19.8 Å². The van der Waals surface area contributed by atoms with E-state index >= 15 is 0 Å². The average Bonchev–Trinajstić information content (AvgIpc) is 2.98. The average molecular weight is 429 g/mol. The van der Waals surface area contributed by atoms with Gasteiger partial charge in [-0.15, -0.1) is 0 Å². The van der Waals surface area contributed by atoms with Crippen LogP contribution in [0.5, 0.6) is 0 Å². The van der Waals surface area contributed by atoms with E-state index in [2.05, 4.69) is 10.6 Å². The fraction of sp³-hybridized carbons (Fsp3) is 0.381. The second-order valence-corrected chi connectivity index (χ2v) is 7.31. The largest absolute Gasteiger partial charge is 0.463 e. The lowest BCUT2D eigenvalue weighted by atomic mass is 10.0. The molecule has 1 atom stereocenters. The van der Waals surface area contributed by atoms with Crippen LogP contribution in [0.15, 0.2) is 35.5 Å². The van der Waals surface area contributed by atoms with E-state index in [-0.39, 0.29) is 35.5 Å². The molecule has 0 spiro atoms. The zero-order chi connectivity index (χ0) is 22.7. The molecule has 4 amide bonds. The number of amides is 4. The van der Waals surface area contributed by atoms with Gasteiger partial charge in [0.1, 0.15) is 12.6 Å². The summed E-state index contributed by atoms with van der Waals surface area (Å²) in [4.78, 5) is 63.1. The Bertz CT molecular complexity index is 948. The molecule has 2 aliphatic rings. The van der Waals surface area contributed by atoms with Crippen LogP contribution in [-0.4, -0.2) is 60.5 Å². The van der Waals surface area contributed by atoms with Crippen molar-refractivity contribution in [2.45, 2.75) is 26.8 Å². The second kappa shape index (κ2) is 8.99. The van der Waals surface area contributed by atoms with Crippen LogP contribution >= 0.6 is 0 Å². The maximum atomic E-state index is 12.9. The molecule has 2 aliphatic heterocycles.